The van der Waals surface area contributed by atoms with E-state index < -0.39 is 21.9 Å². The third-order valence-electron chi connectivity index (χ3n) is 3.74. The predicted molar refractivity (Wildman–Crippen MR) is 82.8 cm³/mol. The molecule has 0 aliphatic carbocycles. The number of nitrogens with one attached hydrogen (secondary N) is 1. The average molecular weight is 341 g/mol. The number of amides is 1. The van der Waals surface area contributed by atoms with Crippen LogP contribution < -0.4 is 5.32 Å². The van der Waals surface area contributed by atoms with E-state index in [9.17, 15) is 18.0 Å². The average Bonchev–Trinajstić information content (AvgIpc) is 2.46. The van der Waals surface area contributed by atoms with Gasteiger partial charge < -0.3 is 10.4 Å². The summed E-state index contributed by atoms with van der Waals surface area (Å²) in [5.41, 5.74) is 0.415. The summed E-state index contributed by atoms with van der Waals surface area (Å²) in [5.74, 6) is -1.54. The first-order chi connectivity index (χ1) is 10.7. The summed E-state index contributed by atoms with van der Waals surface area (Å²) in [7, 11) is -3.28. The maximum absolute atomic E-state index is 12.2. The maximum Gasteiger partial charge on any atom is 0.337 e. The van der Waals surface area contributed by atoms with Gasteiger partial charge in [0.05, 0.1) is 17.5 Å². The third-order valence-corrected chi connectivity index (χ3v) is 5.01. The van der Waals surface area contributed by atoms with Crippen LogP contribution in [0.4, 0.5) is 0 Å². The molecule has 2 rings (SSSR count). The van der Waals surface area contributed by atoms with Gasteiger partial charge in [0, 0.05) is 19.1 Å². The molecule has 8 nitrogen and oxygen atoms in total. The summed E-state index contributed by atoms with van der Waals surface area (Å²) >= 11 is 0. The summed E-state index contributed by atoms with van der Waals surface area (Å²) < 4.78 is 24.5. The van der Waals surface area contributed by atoms with E-state index in [1.807, 2.05) is 0 Å². The maximum atomic E-state index is 12.2. The van der Waals surface area contributed by atoms with Crippen molar-refractivity contribution in [1.29, 1.82) is 0 Å². The van der Waals surface area contributed by atoms with Crippen molar-refractivity contribution in [2.75, 3.05) is 19.3 Å². The molecule has 0 bridgehead atoms. The molecule has 23 heavy (non-hydrogen) atoms. The van der Waals surface area contributed by atoms with E-state index >= 15 is 0 Å². The minimum atomic E-state index is -3.28. The van der Waals surface area contributed by atoms with Crippen LogP contribution in [-0.4, -0.2) is 60.1 Å². The molecule has 0 saturated carbocycles. The number of rotatable bonds is 4. The van der Waals surface area contributed by atoms with E-state index in [0.717, 1.165) is 6.26 Å². The Kier molecular flexibility index (Phi) is 5.00. The van der Waals surface area contributed by atoms with Crippen LogP contribution in [0.1, 0.15) is 39.4 Å². The standard InChI is InChI=1S/C14H19N3O5S/c1-9-11(14(19)20)5-6-12(15-9)13(18)16-10-4-3-7-17(8-10)23(2,21)22/h5-6,10H,3-4,7-8H2,1-2H3,(H,16,18)(H,19,20). The molecular weight excluding hydrogens is 322 g/mol. The molecule has 1 aromatic rings. The molecule has 1 aromatic heterocycles. The molecule has 1 aliphatic rings. The predicted octanol–water partition coefficient (Wildman–Crippen LogP) is 0.242. The van der Waals surface area contributed by atoms with Gasteiger partial charge in [-0.15, -0.1) is 0 Å². The first kappa shape index (κ1) is 17.4. The SMILES string of the molecule is Cc1nc(C(=O)NC2CCCN(S(C)(=O)=O)C2)ccc1C(=O)O. The Hall–Kier alpha value is -2.00. The highest BCUT2D eigenvalue weighted by Gasteiger charge is 2.27. The number of hydrogen-bond donors (Lipinski definition) is 2. The quantitative estimate of drug-likeness (QED) is 0.810. The lowest BCUT2D eigenvalue weighted by atomic mass is 10.1. The normalized spacial score (nSPS) is 19.3. The lowest BCUT2D eigenvalue weighted by Gasteiger charge is -2.31. The fourth-order valence-corrected chi connectivity index (χ4v) is 3.45. The Morgan fingerprint density at radius 2 is 2.09 bits per heavy atom. The van der Waals surface area contributed by atoms with Crippen LogP contribution in [0.3, 0.4) is 0 Å². The highest BCUT2D eigenvalue weighted by atomic mass is 32.2. The Balaban J connectivity index is 2.07. The minimum Gasteiger partial charge on any atom is -0.478 e. The van der Waals surface area contributed by atoms with Crippen molar-refractivity contribution in [3.8, 4) is 0 Å². The highest BCUT2D eigenvalue weighted by molar-refractivity contribution is 7.88. The molecule has 0 spiro atoms. The molecule has 1 unspecified atom stereocenters. The molecule has 0 radical (unpaired) electrons. The van der Waals surface area contributed by atoms with Crippen molar-refractivity contribution >= 4 is 21.9 Å². The van der Waals surface area contributed by atoms with E-state index in [2.05, 4.69) is 10.3 Å². The molecule has 2 heterocycles. The number of carboxylic acids is 1. The zero-order valence-corrected chi connectivity index (χ0v) is 13.8. The largest absolute Gasteiger partial charge is 0.478 e. The number of aromatic carboxylic acids is 1. The molecule has 1 aliphatic heterocycles. The van der Waals surface area contributed by atoms with Crippen molar-refractivity contribution in [2.45, 2.75) is 25.8 Å². The second kappa shape index (κ2) is 6.63. The van der Waals surface area contributed by atoms with Gasteiger partial charge in [-0.25, -0.2) is 22.5 Å². The van der Waals surface area contributed by atoms with Crippen LogP contribution in [0.2, 0.25) is 0 Å². The second-order valence-corrected chi connectivity index (χ2v) is 7.55. The minimum absolute atomic E-state index is 0.0440. The summed E-state index contributed by atoms with van der Waals surface area (Å²) in [6.07, 6.45) is 2.50. The van der Waals surface area contributed by atoms with Crippen molar-refractivity contribution < 1.29 is 23.1 Å². The van der Waals surface area contributed by atoms with Crippen LogP contribution in [0.15, 0.2) is 12.1 Å². The first-order valence-electron chi connectivity index (χ1n) is 7.15. The molecule has 0 aromatic carbocycles. The number of piperidine rings is 1. The monoisotopic (exact) mass is 341 g/mol. The van der Waals surface area contributed by atoms with Gasteiger partial charge in [0.15, 0.2) is 0 Å². The van der Waals surface area contributed by atoms with E-state index in [1.54, 1.807) is 0 Å². The molecule has 9 heteroatoms. The smallest absolute Gasteiger partial charge is 0.337 e. The van der Waals surface area contributed by atoms with Crippen molar-refractivity contribution in [3.05, 3.63) is 29.1 Å². The number of aromatic nitrogens is 1. The summed E-state index contributed by atoms with van der Waals surface area (Å²) in [5, 5.41) is 11.7. The van der Waals surface area contributed by atoms with Crippen LogP contribution in [0, 0.1) is 6.92 Å². The zero-order chi connectivity index (χ0) is 17.2. The lowest BCUT2D eigenvalue weighted by molar-refractivity contribution is 0.0694. The third kappa shape index (κ3) is 4.26. The molecule has 1 saturated heterocycles. The van der Waals surface area contributed by atoms with E-state index in [4.69, 9.17) is 5.11 Å². The van der Waals surface area contributed by atoms with Gasteiger partial charge in [-0.05, 0) is 31.9 Å². The van der Waals surface area contributed by atoms with Gasteiger partial charge in [-0.3, -0.25) is 4.79 Å². The Morgan fingerprint density at radius 1 is 1.39 bits per heavy atom. The van der Waals surface area contributed by atoms with Crippen LogP contribution in [0.25, 0.3) is 0 Å². The molecule has 2 N–H and O–H groups in total. The highest BCUT2D eigenvalue weighted by Crippen LogP contribution is 2.14. The lowest BCUT2D eigenvalue weighted by Crippen LogP contribution is -2.49. The van der Waals surface area contributed by atoms with Crippen LogP contribution in [0.5, 0.6) is 0 Å². The Labute approximate surface area is 134 Å². The van der Waals surface area contributed by atoms with Crippen molar-refractivity contribution in [1.82, 2.24) is 14.6 Å². The molecule has 1 fully saturated rings. The van der Waals surface area contributed by atoms with Gasteiger partial charge >= 0.3 is 5.97 Å². The van der Waals surface area contributed by atoms with Gasteiger partial charge in [0.2, 0.25) is 10.0 Å². The van der Waals surface area contributed by atoms with E-state index in [1.165, 1.54) is 23.4 Å². The van der Waals surface area contributed by atoms with Gasteiger partial charge in [-0.2, -0.15) is 0 Å². The Morgan fingerprint density at radius 3 is 2.65 bits per heavy atom. The van der Waals surface area contributed by atoms with Crippen molar-refractivity contribution in [3.63, 3.8) is 0 Å². The zero-order valence-electron chi connectivity index (χ0n) is 12.9. The second-order valence-electron chi connectivity index (χ2n) is 5.57. The molecule has 126 valence electrons. The number of sulfonamides is 1. The number of nitrogens with zero attached hydrogens (tertiary/aromatic N) is 2. The number of carboxylic acid groups (broad SMARTS) is 1. The van der Waals surface area contributed by atoms with Crippen LogP contribution >= 0.6 is 0 Å². The summed E-state index contributed by atoms with van der Waals surface area (Å²) in [4.78, 5) is 27.2. The van der Waals surface area contributed by atoms with Gasteiger partial charge in [0.1, 0.15) is 5.69 Å². The van der Waals surface area contributed by atoms with E-state index in [0.29, 0.717) is 19.4 Å². The fraction of sp³-hybridized carbons (Fsp3) is 0.500. The molecule has 1 amide bonds. The number of hydrogen-bond acceptors (Lipinski definition) is 5. The van der Waals surface area contributed by atoms with E-state index in [-0.39, 0.29) is 29.5 Å². The number of carbonyl (C=O) groups is 2. The molecular formula is C14H19N3O5S. The van der Waals surface area contributed by atoms with Gasteiger partial charge in [0.25, 0.3) is 5.91 Å². The summed E-state index contributed by atoms with van der Waals surface area (Å²) in [6, 6.07) is 2.40. The number of pyridine rings is 1. The summed E-state index contributed by atoms with van der Waals surface area (Å²) in [6.45, 7) is 2.21. The first-order valence-corrected chi connectivity index (χ1v) is 9.00. The number of carbonyl (C=O) groups excluding carboxylic acids is 1. The number of aryl methyl sites for hydroxylation is 1. The Bertz CT molecular complexity index is 732. The topological polar surface area (TPSA) is 117 Å². The fourth-order valence-electron chi connectivity index (χ4n) is 2.53. The van der Waals surface area contributed by atoms with Crippen molar-refractivity contribution in [2.24, 2.45) is 0 Å². The van der Waals surface area contributed by atoms with Crippen LogP contribution in [-0.2, 0) is 10.0 Å². The van der Waals surface area contributed by atoms with Gasteiger partial charge in [-0.1, -0.05) is 0 Å². The molecule has 1 atom stereocenters.